The first-order chi connectivity index (χ1) is 7.18. The van der Waals surface area contributed by atoms with Crippen LogP contribution in [-0.2, 0) is 0 Å². The molecule has 0 atom stereocenters. The number of thiophene rings is 1. The predicted molar refractivity (Wildman–Crippen MR) is 69.9 cm³/mol. The zero-order chi connectivity index (χ0) is 10.8. The van der Waals surface area contributed by atoms with Crippen molar-refractivity contribution < 1.29 is 4.79 Å². The van der Waals surface area contributed by atoms with E-state index in [0.717, 1.165) is 36.0 Å². The summed E-state index contributed by atoms with van der Waals surface area (Å²) in [4.78, 5) is 14.6. The fraction of sp³-hybridized carbons (Fsp3) is 0.500. The van der Waals surface area contributed by atoms with Crippen molar-refractivity contribution in [2.75, 3.05) is 13.1 Å². The molecule has 0 unspecified atom stereocenters. The molecule has 0 aromatic carbocycles. The van der Waals surface area contributed by atoms with Gasteiger partial charge in [0.25, 0.3) is 5.91 Å². The maximum atomic E-state index is 12.1. The average molecular weight is 353 g/mol. The predicted octanol–water partition coefficient (Wildman–Crippen LogP) is 3.51. The van der Waals surface area contributed by atoms with Crippen molar-refractivity contribution in [1.29, 1.82) is 0 Å². The Bertz CT molecular complexity index is 358. The SMILES string of the molecule is O=C(c1cscc1Br)N1CCC(Br)CC1. The Labute approximate surface area is 110 Å². The molecule has 0 bridgehead atoms. The number of carbonyl (C=O) groups excluding carboxylic acids is 1. The first-order valence-electron chi connectivity index (χ1n) is 4.83. The number of carbonyl (C=O) groups is 1. The van der Waals surface area contributed by atoms with E-state index in [1.54, 1.807) is 11.3 Å². The first kappa shape index (κ1) is 11.6. The minimum absolute atomic E-state index is 0.155. The maximum Gasteiger partial charge on any atom is 0.255 e. The van der Waals surface area contributed by atoms with E-state index >= 15 is 0 Å². The minimum Gasteiger partial charge on any atom is -0.339 e. The molecule has 1 fully saturated rings. The Morgan fingerprint density at radius 2 is 2.07 bits per heavy atom. The van der Waals surface area contributed by atoms with Crippen molar-refractivity contribution in [3.63, 3.8) is 0 Å². The van der Waals surface area contributed by atoms with E-state index in [-0.39, 0.29) is 5.91 Å². The summed E-state index contributed by atoms with van der Waals surface area (Å²) >= 11 is 8.54. The van der Waals surface area contributed by atoms with E-state index in [9.17, 15) is 4.79 Å². The third-order valence-electron chi connectivity index (χ3n) is 2.56. The van der Waals surface area contributed by atoms with Gasteiger partial charge in [0.1, 0.15) is 0 Å². The number of hydrogen-bond donors (Lipinski definition) is 0. The van der Waals surface area contributed by atoms with Gasteiger partial charge in [0.05, 0.1) is 5.56 Å². The van der Waals surface area contributed by atoms with E-state index in [2.05, 4.69) is 31.9 Å². The Hall–Kier alpha value is 0.130. The summed E-state index contributed by atoms with van der Waals surface area (Å²) < 4.78 is 0.915. The molecular formula is C10H11Br2NOS. The van der Waals surface area contributed by atoms with Gasteiger partial charge in [-0.15, -0.1) is 0 Å². The molecule has 1 aliphatic heterocycles. The number of halogens is 2. The van der Waals surface area contributed by atoms with Crippen LogP contribution in [0.5, 0.6) is 0 Å². The summed E-state index contributed by atoms with van der Waals surface area (Å²) in [6.07, 6.45) is 2.10. The van der Waals surface area contributed by atoms with Crippen molar-refractivity contribution in [3.8, 4) is 0 Å². The summed E-state index contributed by atoms with van der Waals surface area (Å²) in [5, 5.41) is 3.86. The molecule has 2 nitrogen and oxygen atoms in total. The molecule has 1 saturated heterocycles. The third kappa shape index (κ3) is 2.63. The molecule has 5 heteroatoms. The van der Waals surface area contributed by atoms with Gasteiger partial charge in [-0.1, -0.05) is 15.9 Å². The summed E-state index contributed by atoms with van der Waals surface area (Å²) in [6.45, 7) is 1.72. The van der Waals surface area contributed by atoms with E-state index < -0.39 is 0 Å². The molecule has 0 aliphatic carbocycles. The van der Waals surface area contributed by atoms with Crippen molar-refractivity contribution in [2.24, 2.45) is 0 Å². The highest BCUT2D eigenvalue weighted by molar-refractivity contribution is 9.10. The molecule has 15 heavy (non-hydrogen) atoms. The second kappa shape index (κ2) is 4.97. The molecule has 0 saturated carbocycles. The quantitative estimate of drug-likeness (QED) is 0.708. The second-order valence-electron chi connectivity index (χ2n) is 3.60. The Balaban J connectivity index is 2.06. The van der Waals surface area contributed by atoms with Crippen LogP contribution in [0.4, 0.5) is 0 Å². The van der Waals surface area contributed by atoms with Crippen LogP contribution in [0.25, 0.3) is 0 Å². The molecular weight excluding hydrogens is 342 g/mol. The Kier molecular flexibility index (Phi) is 3.85. The largest absolute Gasteiger partial charge is 0.339 e. The number of amides is 1. The monoisotopic (exact) mass is 351 g/mol. The lowest BCUT2D eigenvalue weighted by molar-refractivity contribution is 0.0728. The topological polar surface area (TPSA) is 20.3 Å². The molecule has 0 spiro atoms. The fourth-order valence-electron chi connectivity index (χ4n) is 1.66. The van der Waals surface area contributed by atoms with Gasteiger partial charge < -0.3 is 4.90 Å². The van der Waals surface area contributed by atoms with Gasteiger partial charge in [-0.25, -0.2) is 0 Å². The fourth-order valence-corrected chi connectivity index (χ4v) is 3.50. The van der Waals surface area contributed by atoms with Crippen LogP contribution >= 0.6 is 43.2 Å². The minimum atomic E-state index is 0.155. The molecule has 2 heterocycles. The van der Waals surface area contributed by atoms with Crippen LogP contribution in [0.1, 0.15) is 23.2 Å². The van der Waals surface area contributed by atoms with E-state index in [1.165, 1.54) is 0 Å². The van der Waals surface area contributed by atoms with Crippen LogP contribution in [0.3, 0.4) is 0 Å². The maximum absolute atomic E-state index is 12.1. The van der Waals surface area contributed by atoms with Crippen LogP contribution in [0, 0.1) is 0 Å². The van der Waals surface area contributed by atoms with Crippen molar-refractivity contribution in [3.05, 3.63) is 20.8 Å². The molecule has 1 aliphatic rings. The molecule has 0 N–H and O–H groups in total. The van der Waals surface area contributed by atoms with E-state index in [1.807, 2.05) is 15.7 Å². The number of piperidine rings is 1. The van der Waals surface area contributed by atoms with Crippen molar-refractivity contribution in [2.45, 2.75) is 17.7 Å². The number of rotatable bonds is 1. The van der Waals surface area contributed by atoms with Crippen LogP contribution in [-0.4, -0.2) is 28.7 Å². The molecule has 82 valence electrons. The first-order valence-corrected chi connectivity index (χ1v) is 7.48. The van der Waals surface area contributed by atoms with Gasteiger partial charge in [0.15, 0.2) is 0 Å². The lowest BCUT2D eigenvalue weighted by Gasteiger charge is -2.29. The van der Waals surface area contributed by atoms with E-state index in [0.29, 0.717) is 4.83 Å². The lowest BCUT2D eigenvalue weighted by atomic mass is 10.1. The number of hydrogen-bond acceptors (Lipinski definition) is 2. The van der Waals surface area contributed by atoms with Crippen LogP contribution in [0.2, 0.25) is 0 Å². The smallest absolute Gasteiger partial charge is 0.255 e. The highest BCUT2D eigenvalue weighted by Gasteiger charge is 2.23. The Morgan fingerprint density at radius 3 is 2.60 bits per heavy atom. The van der Waals surface area contributed by atoms with Gasteiger partial charge in [-0.2, -0.15) is 11.3 Å². The Morgan fingerprint density at radius 1 is 1.40 bits per heavy atom. The molecule has 1 aromatic rings. The molecule has 1 aromatic heterocycles. The highest BCUT2D eigenvalue weighted by Crippen LogP contribution is 2.25. The average Bonchev–Trinajstić information content (AvgIpc) is 2.65. The van der Waals surface area contributed by atoms with Gasteiger partial charge in [-0.05, 0) is 28.8 Å². The number of likely N-dealkylation sites (tertiary alicyclic amines) is 1. The summed E-state index contributed by atoms with van der Waals surface area (Å²) in [7, 11) is 0. The van der Waals surface area contributed by atoms with Crippen molar-refractivity contribution >= 4 is 49.1 Å². The summed E-state index contributed by atoms with van der Waals surface area (Å²) in [5.41, 5.74) is 0.799. The van der Waals surface area contributed by atoms with Gasteiger partial charge in [0.2, 0.25) is 0 Å². The van der Waals surface area contributed by atoms with Crippen LogP contribution < -0.4 is 0 Å². The number of alkyl halides is 1. The third-order valence-corrected chi connectivity index (χ3v) is 5.18. The normalized spacial score (nSPS) is 18.1. The molecule has 2 rings (SSSR count). The molecule has 1 amide bonds. The van der Waals surface area contributed by atoms with Gasteiger partial charge in [-0.3, -0.25) is 4.79 Å². The summed E-state index contributed by atoms with van der Waals surface area (Å²) in [5.74, 6) is 0.155. The zero-order valence-electron chi connectivity index (χ0n) is 8.08. The standard InChI is InChI=1S/C10H11Br2NOS/c11-7-1-3-13(4-2-7)10(14)8-5-15-6-9(8)12/h5-7H,1-4H2. The van der Waals surface area contributed by atoms with Gasteiger partial charge in [0, 0.05) is 33.1 Å². The van der Waals surface area contributed by atoms with Gasteiger partial charge >= 0.3 is 0 Å². The van der Waals surface area contributed by atoms with E-state index in [4.69, 9.17) is 0 Å². The number of nitrogens with zero attached hydrogens (tertiary/aromatic N) is 1. The second-order valence-corrected chi connectivity index (χ2v) is 6.49. The summed E-state index contributed by atoms with van der Waals surface area (Å²) in [6, 6.07) is 0. The van der Waals surface area contributed by atoms with Crippen LogP contribution in [0.15, 0.2) is 15.2 Å². The van der Waals surface area contributed by atoms with Crippen molar-refractivity contribution in [1.82, 2.24) is 4.90 Å². The molecule has 0 radical (unpaired) electrons. The zero-order valence-corrected chi connectivity index (χ0v) is 12.1. The lowest BCUT2D eigenvalue weighted by Crippen LogP contribution is -2.38. The highest BCUT2D eigenvalue weighted by atomic mass is 79.9.